The van der Waals surface area contributed by atoms with Crippen molar-refractivity contribution >= 4 is 28.6 Å². The van der Waals surface area contributed by atoms with Crippen molar-refractivity contribution in [1.29, 1.82) is 0 Å². The van der Waals surface area contributed by atoms with E-state index in [4.69, 9.17) is 4.42 Å². The Bertz CT molecular complexity index is 1320. The SMILES string of the molecule is Cc1cnc(Nc2ccc(OC(F)F)c(C(F)F)c2)nc1Nn1c(=O)oc2ccccc21. The highest BCUT2D eigenvalue weighted by molar-refractivity contribution is 5.73. The van der Waals surface area contributed by atoms with Crippen molar-refractivity contribution in [2.75, 3.05) is 10.7 Å². The quantitative estimate of drug-likeness (QED) is 0.390. The number of aryl methyl sites for hydroxylation is 1. The Morgan fingerprint density at radius 2 is 1.91 bits per heavy atom. The van der Waals surface area contributed by atoms with Crippen molar-refractivity contribution in [1.82, 2.24) is 14.6 Å². The van der Waals surface area contributed by atoms with Crippen molar-refractivity contribution in [2.45, 2.75) is 20.0 Å². The van der Waals surface area contributed by atoms with Crippen LogP contribution in [0.3, 0.4) is 0 Å². The predicted molar refractivity (Wildman–Crippen MR) is 108 cm³/mol. The Labute approximate surface area is 177 Å². The number of hydrogen-bond acceptors (Lipinski definition) is 7. The van der Waals surface area contributed by atoms with Gasteiger partial charge >= 0.3 is 12.4 Å². The van der Waals surface area contributed by atoms with Crippen molar-refractivity contribution in [3.63, 3.8) is 0 Å². The fourth-order valence-electron chi connectivity index (χ4n) is 2.92. The Balaban J connectivity index is 1.62. The van der Waals surface area contributed by atoms with E-state index in [1.807, 2.05) is 0 Å². The van der Waals surface area contributed by atoms with E-state index < -0.39 is 30.1 Å². The zero-order valence-electron chi connectivity index (χ0n) is 16.4. The Kier molecular flexibility index (Phi) is 5.67. The molecule has 0 aliphatic heterocycles. The molecule has 0 saturated heterocycles. The van der Waals surface area contributed by atoms with Crippen LogP contribution in [0.1, 0.15) is 17.6 Å². The molecule has 0 amide bonds. The van der Waals surface area contributed by atoms with Crippen molar-refractivity contribution < 1.29 is 26.7 Å². The number of rotatable bonds is 7. The molecule has 12 heteroatoms. The minimum atomic E-state index is -3.23. The summed E-state index contributed by atoms with van der Waals surface area (Å²) in [7, 11) is 0. The van der Waals surface area contributed by atoms with Crippen LogP contribution in [-0.4, -0.2) is 21.3 Å². The molecular formula is C20H15F4N5O3. The van der Waals surface area contributed by atoms with Gasteiger partial charge in [-0.2, -0.15) is 18.4 Å². The highest BCUT2D eigenvalue weighted by Crippen LogP contribution is 2.33. The van der Waals surface area contributed by atoms with Gasteiger partial charge in [-0.25, -0.2) is 18.6 Å². The number of oxazole rings is 1. The first-order chi connectivity index (χ1) is 15.3. The van der Waals surface area contributed by atoms with E-state index in [2.05, 4.69) is 25.4 Å². The number of aromatic nitrogens is 3. The normalized spacial score (nSPS) is 11.3. The Hall–Kier alpha value is -4.09. The minimum absolute atomic E-state index is 0.0155. The Morgan fingerprint density at radius 3 is 2.66 bits per heavy atom. The lowest BCUT2D eigenvalue weighted by atomic mass is 10.2. The molecule has 0 saturated carbocycles. The number of alkyl halides is 4. The van der Waals surface area contributed by atoms with Gasteiger partial charge in [0.1, 0.15) is 11.3 Å². The molecular weight excluding hydrogens is 434 g/mol. The van der Waals surface area contributed by atoms with E-state index in [0.717, 1.165) is 12.1 Å². The summed E-state index contributed by atoms with van der Waals surface area (Å²) >= 11 is 0. The van der Waals surface area contributed by atoms with Crippen LogP contribution in [0.4, 0.5) is 35.0 Å². The lowest BCUT2D eigenvalue weighted by molar-refractivity contribution is -0.0519. The highest BCUT2D eigenvalue weighted by Gasteiger charge is 2.18. The molecule has 0 spiro atoms. The molecule has 32 heavy (non-hydrogen) atoms. The van der Waals surface area contributed by atoms with Crippen LogP contribution in [0.15, 0.2) is 57.9 Å². The van der Waals surface area contributed by atoms with Gasteiger partial charge < -0.3 is 14.5 Å². The maximum Gasteiger partial charge on any atom is 0.439 e. The number of fused-ring (bicyclic) bond motifs is 1. The minimum Gasteiger partial charge on any atom is -0.434 e. The van der Waals surface area contributed by atoms with Crippen LogP contribution in [0.5, 0.6) is 5.75 Å². The Morgan fingerprint density at radius 1 is 1.12 bits per heavy atom. The highest BCUT2D eigenvalue weighted by atomic mass is 19.3. The topological polar surface area (TPSA) is 94.2 Å². The fourth-order valence-corrected chi connectivity index (χ4v) is 2.92. The molecule has 4 rings (SSSR count). The van der Waals surface area contributed by atoms with Gasteiger partial charge in [0.25, 0.3) is 6.43 Å². The van der Waals surface area contributed by atoms with Gasteiger partial charge in [0.15, 0.2) is 11.4 Å². The standard InChI is InChI=1S/C20H15F4N5O3/c1-10-9-25-19(26-11-6-7-14(31-18(23)24)12(8-11)16(21)22)27-17(10)28-29-13-4-2-3-5-15(13)32-20(29)30/h2-9,16,18H,1H3,(H2,25,26,27,28). The lowest BCUT2D eigenvalue weighted by Gasteiger charge is -2.14. The van der Waals surface area contributed by atoms with Crippen LogP contribution >= 0.6 is 0 Å². The number of hydrogen-bond donors (Lipinski definition) is 2. The molecule has 2 heterocycles. The maximum absolute atomic E-state index is 13.3. The van der Waals surface area contributed by atoms with Gasteiger partial charge in [-0.15, -0.1) is 0 Å². The van der Waals surface area contributed by atoms with Gasteiger partial charge in [-0.1, -0.05) is 12.1 Å². The number of para-hydroxylation sites is 2. The van der Waals surface area contributed by atoms with E-state index in [-0.39, 0.29) is 17.5 Å². The summed E-state index contributed by atoms with van der Waals surface area (Å²) in [5.74, 6) is -1.02. The van der Waals surface area contributed by atoms with E-state index in [1.165, 1.54) is 16.9 Å². The van der Waals surface area contributed by atoms with Gasteiger partial charge in [0.2, 0.25) is 5.95 Å². The molecule has 0 unspecified atom stereocenters. The van der Waals surface area contributed by atoms with Crippen LogP contribution in [0, 0.1) is 6.92 Å². The fraction of sp³-hybridized carbons (Fsp3) is 0.150. The molecule has 2 aromatic heterocycles. The molecule has 0 aliphatic rings. The summed E-state index contributed by atoms with van der Waals surface area (Å²) in [6, 6.07) is 10.0. The third kappa shape index (κ3) is 4.33. The van der Waals surface area contributed by atoms with Crippen LogP contribution in [0.2, 0.25) is 0 Å². The average Bonchev–Trinajstić information content (AvgIpc) is 3.06. The van der Waals surface area contributed by atoms with Gasteiger partial charge in [-0.3, -0.25) is 5.43 Å². The number of benzene rings is 2. The van der Waals surface area contributed by atoms with E-state index in [0.29, 0.717) is 16.7 Å². The molecule has 4 aromatic rings. The van der Waals surface area contributed by atoms with Crippen LogP contribution < -0.4 is 21.2 Å². The van der Waals surface area contributed by atoms with Gasteiger partial charge in [0, 0.05) is 17.4 Å². The maximum atomic E-state index is 13.3. The van der Waals surface area contributed by atoms with Crippen molar-refractivity contribution in [3.05, 3.63) is 70.3 Å². The molecule has 0 aliphatic carbocycles. The number of nitrogens with zero attached hydrogens (tertiary/aromatic N) is 3. The summed E-state index contributed by atoms with van der Waals surface area (Å²) in [6.07, 6.45) is -1.59. The van der Waals surface area contributed by atoms with Gasteiger partial charge in [-0.05, 0) is 37.3 Å². The molecule has 166 valence electrons. The van der Waals surface area contributed by atoms with Crippen LogP contribution in [-0.2, 0) is 0 Å². The second-order valence-electron chi connectivity index (χ2n) is 6.56. The monoisotopic (exact) mass is 449 g/mol. The first-order valence-electron chi connectivity index (χ1n) is 9.17. The van der Waals surface area contributed by atoms with Gasteiger partial charge in [0.05, 0.1) is 5.56 Å². The summed E-state index contributed by atoms with van der Waals surface area (Å²) in [5, 5.41) is 2.73. The molecule has 0 bridgehead atoms. The van der Waals surface area contributed by atoms with E-state index in [9.17, 15) is 22.4 Å². The zero-order valence-corrected chi connectivity index (χ0v) is 16.4. The zero-order chi connectivity index (χ0) is 22.8. The smallest absolute Gasteiger partial charge is 0.434 e. The molecule has 8 nitrogen and oxygen atoms in total. The average molecular weight is 449 g/mol. The van der Waals surface area contributed by atoms with Crippen molar-refractivity contribution in [2.24, 2.45) is 0 Å². The molecule has 0 radical (unpaired) electrons. The van der Waals surface area contributed by atoms with Crippen molar-refractivity contribution in [3.8, 4) is 5.75 Å². The first kappa shape index (κ1) is 21.2. The largest absolute Gasteiger partial charge is 0.439 e. The predicted octanol–water partition coefficient (Wildman–Crippen LogP) is 4.85. The van der Waals surface area contributed by atoms with Crippen LogP contribution in [0.25, 0.3) is 11.1 Å². The summed E-state index contributed by atoms with van der Waals surface area (Å²) < 4.78 is 61.8. The number of anilines is 3. The molecule has 0 fully saturated rings. The third-order valence-corrected chi connectivity index (χ3v) is 4.39. The second kappa shape index (κ2) is 8.57. The number of ether oxygens (including phenoxy) is 1. The first-order valence-corrected chi connectivity index (χ1v) is 9.17. The van der Waals surface area contributed by atoms with E-state index in [1.54, 1.807) is 31.2 Å². The molecule has 2 N–H and O–H groups in total. The lowest BCUT2D eigenvalue weighted by Crippen LogP contribution is -2.23. The summed E-state index contributed by atoms with van der Waals surface area (Å²) in [6.45, 7) is -1.53. The van der Waals surface area contributed by atoms with E-state index >= 15 is 0 Å². The molecule has 0 atom stereocenters. The summed E-state index contributed by atoms with van der Waals surface area (Å²) in [4.78, 5) is 20.5. The third-order valence-electron chi connectivity index (χ3n) is 4.39. The number of nitrogens with one attached hydrogen (secondary N) is 2. The summed E-state index contributed by atoms with van der Waals surface area (Å²) in [5.41, 5.74) is 3.71. The number of halogens is 4. The molecule has 2 aromatic carbocycles. The second-order valence-corrected chi connectivity index (χ2v) is 6.56.